The highest BCUT2D eigenvalue weighted by Gasteiger charge is 2.07. The Hall–Kier alpha value is -1.20. The highest BCUT2D eigenvalue weighted by molar-refractivity contribution is 5.11. The Bertz CT molecular complexity index is 269. The van der Waals surface area contributed by atoms with Crippen LogP contribution in [0.5, 0.6) is 0 Å². The van der Waals surface area contributed by atoms with Gasteiger partial charge in [0.05, 0.1) is 0 Å². The van der Waals surface area contributed by atoms with E-state index in [0.29, 0.717) is 6.42 Å². The lowest BCUT2D eigenvalue weighted by molar-refractivity contribution is 0.175. The summed E-state index contributed by atoms with van der Waals surface area (Å²) in [5.74, 6) is 2.42. The summed E-state index contributed by atoms with van der Waals surface area (Å²) in [6.07, 6.45) is 6.80. The van der Waals surface area contributed by atoms with E-state index < -0.39 is 6.10 Å². The SMILES string of the molecule is C#CCC(O)c1cccn1C. The van der Waals surface area contributed by atoms with Gasteiger partial charge >= 0.3 is 0 Å². The molecule has 11 heavy (non-hydrogen) atoms. The monoisotopic (exact) mass is 149 g/mol. The predicted octanol–water partition coefficient (Wildman–Crippen LogP) is 1.08. The minimum atomic E-state index is -0.528. The molecule has 1 unspecified atom stereocenters. The predicted molar refractivity (Wildman–Crippen MR) is 43.8 cm³/mol. The van der Waals surface area contributed by atoms with Crippen molar-refractivity contribution in [2.45, 2.75) is 12.5 Å². The van der Waals surface area contributed by atoms with Gasteiger partial charge in [-0.1, -0.05) is 0 Å². The minimum absolute atomic E-state index is 0.373. The molecule has 0 fully saturated rings. The van der Waals surface area contributed by atoms with Crippen LogP contribution >= 0.6 is 0 Å². The summed E-state index contributed by atoms with van der Waals surface area (Å²) in [5, 5.41) is 9.43. The van der Waals surface area contributed by atoms with Crippen LogP contribution in [-0.4, -0.2) is 9.67 Å². The molecule has 1 N–H and O–H groups in total. The summed E-state index contributed by atoms with van der Waals surface area (Å²) in [7, 11) is 1.88. The molecule has 2 heteroatoms. The van der Waals surface area contributed by atoms with E-state index in [-0.39, 0.29) is 0 Å². The van der Waals surface area contributed by atoms with Gasteiger partial charge in [-0.25, -0.2) is 0 Å². The average Bonchev–Trinajstić information content (AvgIpc) is 2.36. The van der Waals surface area contributed by atoms with Gasteiger partial charge in [0.2, 0.25) is 0 Å². The molecule has 0 bridgehead atoms. The van der Waals surface area contributed by atoms with Crippen molar-refractivity contribution in [2.24, 2.45) is 7.05 Å². The second-order valence-corrected chi connectivity index (χ2v) is 2.47. The fraction of sp³-hybridized carbons (Fsp3) is 0.333. The molecular formula is C9H11NO. The summed E-state index contributed by atoms with van der Waals surface area (Å²) in [4.78, 5) is 0. The van der Waals surface area contributed by atoms with Crippen LogP contribution in [0, 0.1) is 12.3 Å². The Labute approximate surface area is 66.5 Å². The van der Waals surface area contributed by atoms with E-state index in [1.807, 2.05) is 29.9 Å². The van der Waals surface area contributed by atoms with Crippen molar-refractivity contribution in [3.8, 4) is 12.3 Å². The Morgan fingerprint density at radius 2 is 2.55 bits per heavy atom. The number of aryl methyl sites for hydroxylation is 1. The molecule has 1 rings (SSSR count). The molecule has 0 spiro atoms. The molecule has 0 aromatic carbocycles. The first-order valence-corrected chi connectivity index (χ1v) is 3.48. The van der Waals surface area contributed by atoms with Crippen LogP contribution in [0.3, 0.4) is 0 Å². The van der Waals surface area contributed by atoms with E-state index in [2.05, 4.69) is 5.92 Å². The van der Waals surface area contributed by atoms with Crippen LogP contribution in [0.2, 0.25) is 0 Å². The van der Waals surface area contributed by atoms with E-state index in [1.54, 1.807) is 0 Å². The lowest BCUT2D eigenvalue weighted by Gasteiger charge is -2.07. The second-order valence-electron chi connectivity index (χ2n) is 2.47. The normalized spacial score (nSPS) is 12.5. The molecule has 58 valence electrons. The zero-order valence-electron chi connectivity index (χ0n) is 6.49. The van der Waals surface area contributed by atoms with E-state index in [0.717, 1.165) is 5.69 Å². The number of hydrogen-bond donors (Lipinski definition) is 1. The molecule has 0 saturated carbocycles. The maximum absolute atomic E-state index is 9.43. The first-order chi connectivity index (χ1) is 5.25. The van der Waals surface area contributed by atoms with Gasteiger partial charge in [0.25, 0.3) is 0 Å². The van der Waals surface area contributed by atoms with E-state index >= 15 is 0 Å². The molecule has 0 saturated heterocycles. The molecule has 1 aromatic heterocycles. The number of hydrogen-bond acceptors (Lipinski definition) is 1. The van der Waals surface area contributed by atoms with E-state index in [9.17, 15) is 5.11 Å². The van der Waals surface area contributed by atoms with Crippen LogP contribution in [0.1, 0.15) is 18.2 Å². The van der Waals surface area contributed by atoms with Crippen molar-refractivity contribution in [1.82, 2.24) is 4.57 Å². The van der Waals surface area contributed by atoms with Gasteiger partial charge in [-0.05, 0) is 12.1 Å². The van der Waals surface area contributed by atoms with Crippen LogP contribution in [0.25, 0.3) is 0 Å². The maximum atomic E-state index is 9.43. The quantitative estimate of drug-likeness (QED) is 0.625. The summed E-state index contributed by atoms with van der Waals surface area (Å²) < 4.78 is 1.86. The number of aromatic nitrogens is 1. The molecule has 0 radical (unpaired) electrons. The Morgan fingerprint density at radius 3 is 3.00 bits per heavy atom. The van der Waals surface area contributed by atoms with E-state index in [4.69, 9.17) is 6.42 Å². The van der Waals surface area contributed by atoms with Gasteiger partial charge in [0, 0.05) is 25.4 Å². The lowest BCUT2D eigenvalue weighted by Crippen LogP contribution is -2.02. The van der Waals surface area contributed by atoms with Gasteiger partial charge in [0.1, 0.15) is 6.10 Å². The van der Waals surface area contributed by atoms with Crippen molar-refractivity contribution < 1.29 is 5.11 Å². The number of terminal acetylenes is 1. The minimum Gasteiger partial charge on any atom is -0.386 e. The Balaban J connectivity index is 2.77. The van der Waals surface area contributed by atoms with Gasteiger partial charge < -0.3 is 9.67 Å². The smallest absolute Gasteiger partial charge is 0.105 e. The molecule has 2 nitrogen and oxygen atoms in total. The Kier molecular flexibility index (Phi) is 2.35. The van der Waals surface area contributed by atoms with Crippen LogP contribution in [-0.2, 0) is 7.05 Å². The second kappa shape index (κ2) is 3.27. The Morgan fingerprint density at radius 1 is 1.82 bits per heavy atom. The van der Waals surface area contributed by atoms with Crippen molar-refractivity contribution in [3.63, 3.8) is 0 Å². The van der Waals surface area contributed by atoms with Gasteiger partial charge in [-0.3, -0.25) is 0 Å². The third-order valence-electron chi connectivity index (χ3n) is 1.64. The number of rotatable bonds is 2. The largest absolute Gasteiger partial charge is 0.386 e. The summed E-state index contributed by atoms with van der Waals surface area (Å²) >= 11 is 0. The fourth-order valence-corrected chi connectivity index (χ4v) is 1.04. The van der Waals surface area contributed by atoms with Gasteiger partial charge in [0.15, 0.2) is 0 Å². The van der Waals surface area contributed by atoms with Crippen molar-refractivity contribution in [2.75, 3.05) is 0 Å². The zero-order chi connectivity index (χ0) is 8.27. The molecule has 1 aromatic rings. The van der Waals surface area contributed by atoms with Gasteiger partial charge in [-0.15, -0.1) is 12.3 Å². The summed E-state index contributed by atoms with van der Waals surface area (Å²) in [6.45, 7) is 0. The molecule has 0 amide bonds. The molecular weight excluding hydrogens is 138 g/mol. The first-order valence-electron chi connectivity index (χ1n) is 3.48. The van der Waals surface area contributed by atoms with Crippen molar-refractivity contribution >= 4 is 0 Å². The molecule has 0 aliphatic rings. The highest BCUT2D eigenvalue weighted by Crippen LogP contribution is 2.14. The highest BCUT2D eigenvalue weighted by atomic mass is 16.3. The van der Waals surface area contributed by atoms with Crippen molar-refractivity contribution in [3.05, 3.63) is 24.0 Å². The molecule has 0 aliphatic carbocycles. The average molecular weight is 149 g/mol. The number of aliphatic hydroxyl groups excluding tert-OH is 1. The van der Waals surface area contributed by atoms with Crippen LogP contribution < -0.4 is 0 Å². The van der Waals surface area contributed by atoms with Crippen LogP contribution in [0.4, 0.5) is 0 Å². The zero-order valence-corrected chi connectivity index (χ0v) is 6.49. The maximum Gasteiger partial charge on any atom is 0.105 e. The fourth-order valence-electron chi connectivity index (χ4n) is 1.04. The molecule has 0 aliphatic heterocycles. The summed E-state index contributed by atoms with van der Waals surface area (Å²) in [5.41, 5.74) is 0.864. The van der Waals surface area contributed by atoms with Gasteiger partial charge in [-0.2, -0.15) is 0 Å². The third-order valence-corrected chi connectivity index (χ3v) is 1.64. The molecule has 1 heterocycles. The third kappa shape index (κ3) is 1.63. The summed E-state index contributed by atoms with van der Waals surface area (Å²) in [6, 6.07) is 3.75. The van der Waals surface area contributed by atoms with Crippen molar-refractivity contribution in [1.29, 1.82) is 0 Å². The lowest BCUT2D eigenvalue weighted by atomic mass is 10.2. The van der Waals surface area contributed by atoms with Crippen LogP contribution in [0.15, 0.2) is 18.3 Å². The number of aliphatic hydroxyl groups is 1. The first kappa shape index (κ1) is 7.90. The number of nitrogens with zero attached hydrogens (tertiary/aromatic N) is 1. The topological polar surface area (TPSA) is 25.2 Å². The standard InChI is InChI=1S/C9H11NO/c1-3-5-9(11)8-6-4-7-10(8)2/h1,4,6-7,9,11H,5H2,2H3. The molecule has 1 atom stereocenters. The van der Waals surface area contributed by atoms with E-state index in [1.165, 1.54) is 0 Å².